The van der Waals surface area contributed by atoms with Gasteiger partial charge in [0.25, 0.3) is 0 Å². The van der Waals surface area contributed by atoms with E-state index in [9.17, 15) is 0 Å². The smallest absolute Gasteiger partial charge is 0.0960 e. The topological polar surface area (TPSA) is 24.9 Å². The molecule has 1 N–H and O–H groups in total. The Bertz CT molecular complexity index is 285. The van der Waals surface area contributed by atoms with Crippen molar-refractivity contribution in [2.75, 3.05) is 18.8 Å². The number of aromatic nitrogens is 1. The second-order valence-electron chi connectivity index (χ2n) is 3.48. The molecule has 0 saturated carbocycles. The van der Waals surface area contributed by atoms with Crippen molar-refractivity contribution in [1.82, 2.24) is 10.3 Å². The summed E-state index contributed by atoms with van der Waals surface area (Å²) >= 11 is 7.56. The van der Waals surface area contributed by atoms with E-state index in [0.717, 1.165) is 16.7 Å². The number of pyridine rings is 1. The van der Waals surface area contributed by atoms with Crippen molar-refractivity contribution in [3.05, 3.63) is 23.4 Å². The van der Waals surface area contributed by atoms with E-state index in [2.05, 4.69) is 10.3 Å². The molecule has 1 aliphatic heterocycles. The van der Waals surface area contributed by atoms with Gasteiger partial charge in [-0.25, -0.2) is 4.98 Å². The second-order valence-corrected chi connectivity index (χ2v) is 5.03. The fourth-order valence-electron chi connectivity index (χ4n) is 1.33. The molecule has 2 nitrogen and oxygen atoms in total. The van der Waals surface area contributed by atoms with Gasteiger partial charge in [-0.05, 0) is 43.3 Å². The lowest BCUT2D eigenvalue weighted by atomic mass is 10.0. The Labute approximate surface area is 93.4 Å². The average molecular weight is 229 g/mol. The van der Waals surface area contributed by atoms with Crippen molar-refractivity contribution in [3.63, 3.8) is 0 Å². The summed E-state index contributed by atoms with van der Waals surface area (Å²) in [6, 6.07) is 3.87. The maximum absolute atomic E-state index is 5.75. The van der Waals surface area contributed by atoms with Gasteiger partial charge in [0, 0.05) is 6.20 Å². The summed E-state index contributed by atoms with van der Waals surface area (Å²) in [4.78, 5) is 4.23. The van der Waals surface area contributed by atoms with Gasteiger partial charge < -0.3 is 5.32 Å². The maximum Gasteiger partial charge on any atom is 0.0960 e. The molecule has 1 aromatic heterocycles. The van der Waals surface area contributed by atoms with Crippen molar-refractivity contribution in [3.8, 4) is 0 Å². The lowest BCUT2D eigenvalue weighted by molar-refractivity contribution is 0.341. The predicted molar refractivity (Wildman–Crippen MR) is 60.9 cm³/mol. The Balaban J connectivity index is 1.71. The number of hydrogen-bond acceptors (Lipinski definition) is 3. The normalized spacial score (nSPS) is 16.6. The summed E-state index contributed by atoms with van der Waals surface area (Å²) in [6.45, 7) is 2.38. The monoisotopic (exact) mass is 228 g/mol. The zero-order valence-electron chi connectivity index (χ0n) is 7.87. The Morgan fingerprint density at radius 3 is 2.93 bits per heavy atom. The van der Waals surface area contributed by atoms with Crippen LogP contribution < -0.4 is 5.32 Å². The number of hydrogen-bond donors (Lipinski definition) is 1. The van der Waals surface area contributed by atoms with Crippen molar-refractivity contribution < 1.29 is 0 Å². The van der Waals surface area contributed by atoms with Crippen LogP contribution >= 0.6 is 23.4 Å². The molecule has 0 unspecified atom stereocenters. The lowest BCUT2D eigenvalue weighted by Gasteiger charge is -2.26. The van der Waals surface area contributed by atoms with E-state index in [1.54, 1.807) is 6.20 Å². The van der Waals surface area contributed by atoms with E-state index in [4.69, 9.17) is 11.6 Å². The summed E-state index contributed by atoms with van der Waals surface area (Å²) in [6.07, 6.45) is 2.98. The third kappa shape index (κ3) is 2.87. The molecule has 4 heteroatoms. The first-order valence-corrected chi connectivity index (χ1v) is 6.16. The van der Waals surface area contributed by atoms with Crippen molar-refractivity contribution in [2.24, 2.45) is 5.92 Å². The van der Waals surface area contributed by atoms with Crippen LogP contribution in [0.15, 0.2) is 23.4 Å². The van der Waals surface area contributed by atoms with Crippen molar-refractivity contribution in [1.29, 1.82) is 0 Å². The van der Waals surface area contributed by atoms with E-state index in [1.165, 1.54) is 19.5 Å². The van der Waals surface area contributed by atoms with Crippen LogP contribution in [0.4, 0.5) is 0 Å². The minimum absolute atomic E-state index is 0.706. The summed E-state index contributed by atoms with van der Waals surface area (Å²) in [7, 11) is 0. The summed E-state index contributed by atoms with van der Waals surface area (Å²) in [5.74, 6) is 2.04. The molecule has 0 aliphatic carbocycles. The highest BCUT2D eigenvalue weighted by atomic mass is 35.5. The molecular weight excluding hydrogens is 216 g/mol. The molecule has 0 aromatic carbocycles. The lowest BCUT2D eigenvalue weighted by Crippen LogP contribution is -2.42. The second kappa shape index (κ2) is 5.01. The highest BCUT2D eigenvalue weighted by molar-refractivity contribution is 7.99. The van der Waals surface area contributed by atoms with Crippen LogP contribution in [0, 0.1) is 5.92 Å². The largest absolute Gasteiger partial charge is 0.316 e. The van der Waals surface area contributed by atoms with E-state index in [0.29, 0.717) is 5.02 Å². The van der Waals surface area contributed by atoms with Gasteiger partial charge >= 0.3 is 0 Å². The van der Waals surface area contributed by atoms with E-state index >= 15 is 0 Å². The van der Waals surface area contributed by atoms with Gasteiger partial charge in [0.2, 0.25) is 0 Å². The van der Waals surface area contributed by atoms with Crippen LogP contribution in [0.2, 0.25) is 5.02 Å². The van der Waals surface area contributed by atoms with Crippen LogP contribution in [0.25, 0.3) is 0 Å². The van der Waals surface area contributed by atoms with Crippen LogP contribution in [-0.4, -0.2) is 23.8 Å². The quantitative estimate of drug-likeness (QED) is 0.802. The molecular formula is C10H13ClN2S. The van der Waals surface area contributed by atoms with E-state index in [-0.39, 0.29) is 0 Å². The standard InChI is InChI=1S/C10H13ClN2S/c11-9-1-2-10(13-7-9)14-4-3-8-5-12-6-8/h1-2,7-8,12H,3-6H2. The molecule has 2 rings (SSSR count). The van der Waals surface area contributed by atoms with Gasteiger partial charge in [0.15, 0.2) is 0 Å². The average Bonchev–Trinajstić information content (AvgIpc) is 2.12. The third-order valence-corrected chi connectivity index (χ3v) is 3.54. The number of rotatable bonds is 4. The van der Waals surface area contributed by atoms with E-state index < -0.39 is 0 Å². The number of nitrogens with zero attached hydrogens (tertiary/aromatic N) is 1. The minimum atomic E-state index is 0.706. The summed E-state index contributed by atoms with van der Waals surface area (Å²) in [5.41, 5.74) is 0. The molecule has 1 aliphatic rings. The minimum Gasteiger partial charge on any atom is -0.316 e. The van der Waals surface area contributed by atoms with Crippen LogP contribution in [-0.2, 0) is 0 Å². The fourth-order valence-corrected chi connectivity index (χ4v) is 2.39. The molecule has 0 bridgehead atoms. The van der Waals surface area contributed by atoms with Gasteiger partial charge in [-0.3, -0.25) is 0 Å². The van der Waals surface area contributed by atoms with Gasteiger partial charge in [-0.2, -0.15) is 0 Å². The van der Waals surface area contributed by atoms with Crippen LogP contribution in [0.1, 0.15) is 6.42 Å². The zero-order chi connectivity index (χ0) is 9.80. The van der Waals surface area contributed by atoms with Crippen molar-refractivity contribution in [2.45, 2.75) is 11.4 Å². The summed E-state index contributed by atoms with van der Waals surface area (Å²) in [5, 5.41) is 5.05. The Morgan fingerprint density at radius 2 is 2.36 bits per heavy atom. The highest BCUT2D eigenvalue weighted by Crippen LogP contribution is 2.20. The molecule has 14 heavy (non-hydrogen) atoms. The van der Waals surface area contributed by atoms with Gasteiger partial charge in [0.1, 0.15) is 0 Å². The maximum atomic E-state index is 5.75. The molecule has 0 radical (unpaired) electrons. The first-order chi connectivity index (χ1) is 6.84. The molecule has 1 aromatic rings. The van der Waals surface area contributed by atoms with Gasteiger partial charge in [-0.1, -0.05) is 11.6 Å². The van der Waals surface area contributed by atoms with E-state index in [1.807, 2.05) is 23.9 Å². The van der Waals surface area contributed by atoms with Crippen molar-refractivity contribution >= 4 is 23.4 Å². The Hall–Kier alpha value is -0.250. The van der Waals surface area contributed by atoms with Crippen LogP contribution in [0.3, 0.4) is 0 Å². The third-order valence-electron chi connectivity index (χ3n) is 2.34. The van der Waals surface area contributed by atoms with Gasteiger partial charge in [-0.15, -0.1) is 11.8 Å². The van der Waals surface area contributed by atoms with Crippen LogP contribution in [0.5, 0.6) is 0 Å². The molecule has 1 saturated heterocycles. The molecule has 76 valence electrons. The zero-order valence-corrected chi connectivity index (χ0v) is 9.44. The first-order valence-electron chi connectivity index (χ1n) is 4.79. The highest BCUT2D eigenvalue weighted by Gasteiger charge is 2.15. The predicted octanol–water partition coefficient (Wildman–Crippen LogP) is 2.44. The molecule has 2 heterocycles. The SMILES string of the molecule is Clc1ccc(SCCC2CNC2)nc1. The summed E-state index contributed by atoms with van der Waals surface area (Å²) < 4.78 is 0. The number of nitrogens with one attached hydrogen (secondary N) is 1. The fraction of sp³-hybridized carbons (Fsp3) is 0.500. The number of thioether (sulfide) groups is 1. The molecule has 1 fully saturated rings. The molecule has 0 amide bonds. The molecule has 0 spiro atoms. The number of halogens is 1. The van der Waals surface area contributed by atoms with Gasteiger partial charge in [0.05, 0.1) is 10.0 Å². The Kier molecular flexibility index (Phi) is 3.67. The first kappa shape index (κ1) is 10.3. The molecule has 0 atom stereocenters. The Morgan fingerprint density at radius 1 is 1.50 bits per heavy atom.